The van der Waals surface area contributed by atoms with Crippen LogP contribution in [0.1, 0.15) is 44.1 Å². The van der Waals surface area contributed by atoms with Crippen LogP contribution in [0.25, 0.3) is 0 Å². The Kier molecular flexibility index (Phi) is 5.39. The lowest BCUT2D eigenvalue weighted by atomic mass is 9.90. The van der Waals surface area contributed by atoms with E-state index in [0.29, 0.717) is 12.1 Å². The molecule has 0 aliphatic carbocycles. The summed E-state index contributed by atoms with van der Waals surface area (Å²) in [5, 5.41) is 0. The SMILES string of the molecule is CCCC(CCCN)c1cc(F)ccc1F. The van der Waals surface area contributed by atoms with Crippen LogP contribution < -0.4 is 5.73 Å². The summed E-state index contributed by atoms with van der Waals surface area (Å²) < 4.78 is 26.7. The molecule has 1 aromatic rings. The maximum absolute atomic E-state index is 13.6. The summed E-state index contributed by atoms with van der Waals surface area (Å²) in [5.74, 6) is -0.591. The van der Waals surface area contributed by atoms with E-state index in [2.05, 4.69) is 0 Å². The van der Waals surface area contributed by atoms with Gasteiger partial charge < -0.3 is 5.73 Å². The van der Waals surface area contributed by atoms with E-state index in [-0.39, 0.29) is 17.6 Å². The molecule has 1 nitrogen and oxygen atoms in total. The van der Waals surface area contributed by atoms with E-state index in [1.54, 1.807) is 0 Å². The molecule has 0 aliphatic heterocycles. The average Bonchev–Trinajstić information content (AvgIpc) is 2.28. The van der Waals surface area contributed by atoms with Crippen molar-refractivity contribution in [3.8, 4) is 0 Å². The van der Waals surface area contributed by atoms with Gasteiger partial charge in [-0.05, 0) is 55.5 Å². The fourth-order valence-electron chi connectivity index (χ4n) is 2.00. The van der Waals surface area contributed by atoms with Crippen molar-refractivity contribution in [1.29, 1.82) is 0 Å². The van der Waals surface area contributed by atoms with Crippen LogP contribution in [0, 0.1) is 11.6 Å². The molecule has 16 heavy (non-hydrogen) atoms. The first kappa shape index (κ1) is 13.1. The molecule has 2 N–H and O–H groups in total. The lowest BCUT2D eigenvalue weighted by Crippen LogP contribution is -2.06. The summed E-state index contributed by atoms with van der Waals surface area (Å²) in [7, 11) is 0. The van der Waals surface area contributed by atoms with Gasteiger partial charge in [-0.25, -0.2) is 8.78 Å². The largest absolute Gasteiger partial charge is 0.330 e. The molecule has 90 valence electrons. The fourth-order valence-corrected chi connectivity index (χ4v) is 2.00. The van der Waals surface area contributed by atoms with Crippen LogP contribution in [0.15, 0.2) is 18.2 Å². The molecule has 0 aliphatic rings. The second kappa shape index (κ2) is 6.59. The first-order valence-corrected chi connectivity index (χ1v) is 5.84. The maximum atomic E-state index is 13.6. The van der Waals surface area contributed by atoms with Gasteiger partial charge in [0.25, 0.3) is 0 Å². The Morgan fingerprint density at radius 3 is 2.62 bits per heavy atom. The fraction of sp³-hybridized carbons (Fsp3) is 0.538. The van der Waals surface area contributed by atoms with Gasteiger partial charge in [0.1, 0.15) is 11.6 Å². The number of hydrogen-bond acceptors (Lipinski definition) is 1. The molecule has 0 spiro atoms. The van der Waals surface area contributed by atoms with E-state index < -0.39 is 0 Å². The van der Waals surface area contributed by atoms with Gasteiger partial charge >= 0.3 is 0 Å². The summed E-state index contributed by atoms with van der Waals surface area (Å²) in [6.45, 7) is 2.64. The van der Waals surface area contributed by atoms with Crippen molar-refractivity contribution in [3.63, 3.8) is 0 Å². The Labute approximate surface area is 95.7 Å². The number of hydrogen-bond donors (Lipinski definition) is 1. The van der Waals surface area contributed by atoms with Crippen LogP contribution in [0.3, 0.4) is 0 Å². The quantitative estimate of drug-likeness (QED) is 0.789. The molecule has 0 amide bonds. The molecule has 0 heterocycles. The molecule has 0 saturated heterocycles. The van der Waals surface area contributed by atoms with Crippen LogP contribution in [0.2, 0.25) is 0 Å². The molecule has 1 unspecified atom stereocenters. The van der Waals surface area contributed by atoms with Gasteiger partial charge in [0.2, 0.25) is 0 Å². The van der Waals surface area contributed by atoms with Gasteiger partial charge in [0, 0.05) is 0 Å². The Bertz CT molecular complexity index is 326. The van der Waals surface area contributed by atoms with Crippen LogP contribution in [0.4, 0.5) is 8.78 Å². The molecule has 3 heteroatoms. The highest BCUT2D eigenvalue weighted by Gasteiger charge is 2.15. The van der Waals surface area contributed by atoms with Crippen LogP contribution >= 0.6 is 0 Å². The smallest absolute Gasteiger partial charge is 0.126 e. The summed E-state index contributed by atoms with van der Waals surface area (Å²) in [5.41, 5.74) is 5.95. The summed E-state index contributed by atoms with van der Waals surface area (Å²) >= 11 is 0. The standard InChI is InChI=1S/C13H19F2N/c1-2-4-10(5-3-8-16)12-9-11(14)6-7-13(12)15/h6-7,9-10H,2-5,8,16H2,1H3. The minimum atomic E-state index is -0.370. The van der Waals surface area contributed by atoms with E-state index in [1.807, 2.05) is 6.92 Å². The van der Waals surface area contributed by atoms with E-state index >= 15 is 0 Å². The topological polar surface area (TPSA) is 26.0 Å². The first-order chi connectivity index (χ1) is 7.69. The van der Waals surface area contributed by atoms with Gasteiger partial charge in [-0.3, -0.25) is 0 Å². The van der Waals surface area contributed by atoms with Crippen LogP contribution in [0.5, 0.6) is 0 Å². The van der Waals surface area contributed by atoms with Crippen molar-refractivity contribution >= 4 is 0 Å². The van der Waals surface area contributed by atoms with Crippen LogP contribution in [-0.4, -0.2) is 6.54 Å². The lowest BCUT2D eigenvalue weighted by molar-refractivity contribution is 0.505. The molecular weight excluding hydrogens is 208 g/mol. The molecule has 0 bridgehead atoms. The molecular formula is C13H19F2N. The third-order valence-electron chi connectivity index (χ3n) is 2.79. The average molecular weight is 227 g/mol. The van der Waals surface area contributed by atoms with E-state index in [9.17, 15) is 8.78 Å². The van der Waals surface area contributed by atoms with Crippen molar-refractivity contribution in [2.75, 3.05) is 6.54 Å². The van der Waals surface area contributed by atoms with Gasteiger partial charge in [-0.1, -0.05) is 13.3 Å². The summed E-state index contributed by atoms with van der Waals surface area (Å²) in [6.07, 6.45) is 3.51. The summed E-state index contributed by atoms with van der Waals surface area (Å²) in [6, 6.07) is 3.67. The molecule has 0 fully saturated rings. The van der Waals surface area contributed by atoms with Gasteiger partial charge in [-0.2, -0.15) is 0 Å². The molecule has 0 radical (unpaired) electrons. The first-order valence-electron chi connectivity index (χ1n) is 5.84. The third kappa shape index (κ3) is 3.56. The van der Waals surface area contributed by atoms with E-state index in [0.717, 1.165) is 31.7 Å². The van der Waals surface area contributed by atoms with Crippen LogP contribution in [-0.2, 0) is 0 Å². The minimum absolute atomic E-state index is 0.0873. The number of rotatable bonds is 6. The minimum Gasteiger partial charge on any atom is -0.330 e. The van der Waals surface area contributed by atoms with Gasteiger partial charge in [0.15, 0.2) is 0 Å². The molecule has 0 aromatic heterocycles. The van der Waals surface area contributed by atoms with Gasteiger partial charge in [0.05, 0.1) is 0 Å². The number of nitrogens with two attached hydrogens (primary N) is 1. The van der Waals surface area contributed by atoms with Crippen molar-refractivity contribution in [2.45, 2.75) is 38.5 Å². The third-order valence-corrected chi connectivity index (χ3v) is 2.79. The Hall–Kier alpha value is -0.960. The zero-order valence-electron chi connectivity index (χ0n) is 9.68. The van der Waals surface area contributed by atoms with Crippen molar-refractivity contribution < 1.29 is 8.78 Å². The molecule has 1 aromatic carbocycles. The highest BCUT2D eigenvalue weighted by atomic mass is 19.1. The maximum Gasteiger partial charge on any atom is 0.126 e. The summed E-state index contributed by atoms with van der Waals surface area (Å²) in [4.78, 5) is 0. The van der Waals surface area contributed by atoms with Crippen molar-refractivity contribution in [2.24, 2.45) is 5.73 Å². The second-order valence-corrected chi connectivity index (χ2v) is 4.08. The normalized spacial score (nSPS) is 12.8. The number of halogens is 2. The zero-order chi connectivity index (χ0) is 12.0. The highest BCUT2D eigenvalue weighted by Crippen LogP contribution is 2.28. The van der Waals surface area contributed by atoms with Gasteiger partial charge in [-0.15, -0.1) is 0 Å². The molecule has 1 atom stereocenters. The molecule has 1 rings (SSSR count). The van der Waals surface area contributed by atoms with E-state index in [4.69, 9.17) is 5.73 Å². The Balaban J connectivity index is 2.85. The van der Waals surface area contributed by atoms with Crippen molar-refractivity contribution in [3.05, 3.63) is 35.4 Å². The van der Waals surface area contributed by atoms with Crippen molar-refractivity contribution in [1.82, 2.24) is 0 Å². The predicted octanol–water partition coefficient (Wildman–Crippen LogP) is 3.59. The Morgan fingerprint density at radius 2 is 2.00 bits per heavy atom. The second-order valence-electron chi connectivity index (χ2n) is 4.08. The number of benzene rings is 1. The Morgan fingerprint density at radius 1 is 1.25 bits per heavy atom. The predicted molar refractivity (Wildman–Crippen MR) is 62.3 cm³/mol. The molecule has 0 saturated carbocycles. The monoisotopic (exact) mass is 227 g/mol. The lowest BCUT2D eigenvalue weighted by Gasteiger charge is -2.17. The highest BCUT2D eigenvalue weighted by molar-refractivity contribution is 5.22. The zero-order valence-corrected chi connectivity index (χ0v) is 9.68. The van der Waals surface area contributed by atoms with E-state index in [1.165, 1.54) is 12.1 Å².